The van der Waals surface area contributed by atoms with Gasteiger partial charge in [0.1, 0.15) is 5.82 Å². The third kappa shape index (κ3) is 1.83. The average molecular weight is 151 g/mol. The minimum Gasteiger partial charge on any atom is -0.382 e. The molecular formula is C8H13N3. The van der Waals surface area contributed by atoms with Crippen LogP contribution in [0.5, 0.6) is 0 Å². The minimum absolute atomic E-state index is 0.898. The van der Waals surface area contributed by atoms with Crippen molar-refractivity contribution in [3.8, 4) is 0 Å². The zero-order valence-corrected chi connectivity index (χ0v) is 6.89. The zero-order valence-electron chi connectivity index (χ0n) is 6.89. The standard InChI is InChI=1S/C8H13N3/c1-3-10-7-5-4-6-11-8(7)9-2/h4-6,10H,3H2,1-2H3,(H,9,11). The second-order valence-corrected chi connectivity index (χ2v) is 2.18. The maximum Gasteiger partial charge on any atom is 0.149 e. The molecule has 0 bridgehead atoms. The van der Waals surface area contributed by atoms with Crippen LogP contribution in [0.1, 0.15) is 6.92 Å². The molecule has 60 valence electrons. The van der Waals surface area contributed by atoms with E-state index in [1.165, 1.54) is 0 Å². The summed E-state index contributed by atoms with van der Waals surface area (Å²) < 4.78 is 0. The predicted molar refractivity (Wildman–Crippen MR) is 47.9 cm³/mol. The highest BCUT2D eigenvalue weighted by Crippen LogP contribution is 2.15. The van der Waals surface area contributed by atoms with Crippen LogP contribution < -0.4 is 10.6 Å². The molecule has 1 rings (SSSR count). The summed E-state index contributed by atoms with van der Waals surface area (Å²) >= 11 is 0. The number of aromatic nitrogens is 1. The van der Waals surface area contributed by atoms with E-state index in [1.807, 2.05) is 19.2 Å². The van der Waals surface area contributed by atoms with E-state index in [-0.39, 0.29) is 0 Å². The van der Waals surface area contributed by atoms with Gasteiger partial charge in [-0.05, 0) is 19.1 Å². The third-order valence-corrected chi connectivity index (χ3v) is 1.41. The van der Waals surface area contributed by atoms with Gasteiger partial charge >= 0.3 is 0 Å². The average Bonchev–Trinajstić information content (AvgIpc) is 2.06. The van der Waals surface area contributed by atoms with E-state index in [2.05, 4.69) is 22.5 Å². The Labute approximate surface area is 66.8 Å². The maximum atomic E-state index is 4.14. The van der Waals surface area contributed by atoms with Crippen LogP contribution in [0.4, 0.5) is 11.5 Å². The molecule has 1 aromatic heterocycles. The SMILES string of the molecule is CCNc1cccnc1NC. The van der Waals surface area contributed by atoms with Gasteiger partial charge in [-0.1, -0.05) is 0 Å². The molecule has 0 aliphatic heterocycles. The first-order valence-electron chi connectivity index (χ1n) is 3.75. The summed E-state index contributed by atoms with van der Waals surface area (Å²) in [5.74, 6) is 0.898. The molecule has 3 heteroatoms. The normalized spacial score (nSPS) is 9.27. The number of nitrogens with one attached hydrogen (secondary N) is 2. The van der Waals surface area contributed by atoms with Crippen molar-refractivity contribution in [3.05, 3.63) is 18.3 Å². The van der Waals surface area contributed by atoms with E-state index in [0.29, 0.717) is 0 Å². The van der Waals surface area contributed by atoms with Crippen molar-refractivity contribution in [2.75, 3.05) is 24.2 Å². The van der Waals surface area contributed by atoms with Gasteiger partial charge in [0.05, 0.1) is 5.69 Å². The van der Waals surface area contributed by atoms with E-state index in [9.17, 15) is 0 Å². The maximum absolute atomic E-state index is 4.14. The molecule has 3 nitrogen and oxygen atoms in total. The summed E-state index contributed by atoms with van der Waals surface area (Å²) in [5, 5.41) is 6.21. The number of anilines is 2. The van der Waals surface area contributed by atoms with Gasteiger partial charge in [-0.3, -0.25) is 0 Å². The summed E-state index contributed by atoms with van der Waals surface area (Å²) in [5.41, 5.74) is 1.05. The van der Waals surface area contributed by atoms with Gasteiger partial charge in [-0.25, -0.2) is 4.98 Å². The molecule has 0 unspecified atom stereocenters. The first-order valence-corrected chi connectivity index (χ1v) is 3.75. The summed E-state index contributed by atoms with van der Waals surface area (Å²) in [4.78, 5) is 4.14. The highest BCUT2D eigenvalue weighted by molar-refractivity contribution is 5.63. The van der Waals surface area contributed by atoms with Gasteiger partial charge in [0.2, 0.25) is 0 Å². The second kappa shape index (κ2) is 3.81. The molecule has 0 radical (unpaired) electrons. The lowest BCUT2D eigenvalue weighted by Gasteiger charge is -2.07. The Morgan fingerprint density at radius 1 is 1.55 bits per heavy atom. The lowest BCUT2D eigenvalue weighted by molar-refractivity contribution is 1.18. The van der Waals surface area contributed by atoms with Crippen molar-refractivity contribution in [1.82, 2.24) is 4.98 Å². The summed E-state index contributed by atoms with van der Waals surface area (Å²) in [6.07, 6.45) is 1.77. The lowest BCUT2D eigenvalue weighted by Crippen LogP contribution is -2.02. The Hall–Kier alpha value is -1.25. The van der Waals surface area contributed by atoms with E-state index in [1.54, 1.807) is 6.20 Å². The summed E-state index contributed by atoms with van der Waals surface area (Å²) in [6.45, 7) is 2.98. The fraction of sp³-hybridized carbons (Fsp3) is 0.375. The Bertz CT molecular complexity index is 222. The van der Waals surface area contributed by atoms with Crippen LogP contribution in [0.3, 0.4) is 0 Å². The van der Waals surface area contributed by atoms with E-state index >= 15 is 0 Å². The van der Waals surface area contributed by atoms with Crippen LogP contribution in [-0.4, -0.2) is 18.6 Å². The van der Waals surface area contributed by atoms with Crippen molar-refractivity contribution in [2.24, 2.45) is 0 Å². The summed E-state index contributed by atoms with van der Waals surface area (Å²) in [7, 11) is 1.86. The molecule has 2 N–H and O–H groups in total. The molecule has 0 atom stereocenters. The van der Waals surface area contributed by atoms with Crippen LogP contribution in [0.2, 0.25) is 0 Å². The molecule has 0 aliphatic rings. The smallest absolute Gasteiger partial charge is 0.149 e. The number of pyridine rings is 1. The van der Waals surface area contributed by atoms with Crippen molar-refractivity contribution < 1.29 is 0 Å². The molecule has 0 saturated heterocycles. The van der Waals surface area contributed by atoms with Crippen molar-refractivity contribution in [3.63, 3.8) is 0 Å². The molecule has 0 saturated carbocycles. The van der Waals surface area contributed by atoms with E-state index < -0.39 is 0 Å². The zero-order chi connectivity index (χ0) is 8.10. The molecule has 0 spiro atoms. The van der Waals surface area contributed by atoms with Crippen LogP contribution in [0.25, 0.3) is 0 Å². The quantitative estimate of drug-likeness (QED) is 0.688. The Morgan fingerprint density at radius 3 is 3.00 bits per heavy atom. The molecule has 0 aromatic carbocycles. The lowest BCUT2D eigenvalue weighted by atomic mass is 10.4. The van der Waals surface area contributed by atoms with Crippen LogP contribution in [-0.2, 0) is 0 Å². The van der Waals surface area contributed by atoms with E-state index in [0.717, 1.165) is 18.1 Å². The predicted octanol–water partition coefficient (Wildman–Crippen LogP) is 1.56. The minimum atomic E-state index is 0.898. The van der Waals surface area contributed by atoms with Crippen molar-refractivity contribution in [1.29, 1.82) is 0 Å². The number of hydrogen-bond acceptors (Lipinski definition) is 3. The Balaban J connectivity index is 2.83. The fourth-order valence-electron chi connectivity index (χ4n) is 0.938. The first kappa shape index (κ1) is 7.85. The number of rotatable bonds is 3. The highest BCUT2D eigenvalue weighted by Gasteiger charge is 1.96. The summed E-state index contributed by atoms with van der Waals surface area (Å²) in [6, 6.07) is 3.92. The van der Waals surface area contributed by atoms with Gasteiger partial charge in [-0.2, -0.15) is 0 Å². The molecular weight excluding hydrogens is 138 g/mol. The molecule has 0 fully saturated rings. The fourth-order valence-corrected chi connectivity index (χ4v) is 0.938. The number of nitrogens with zero attached hydrogens (tertiary/aromatic N) is 1. The topological polar surface area (TPSA) is 37.0 Å². The van der Waals surface area contributed by atoms with Crippen LogP contribution in [0, 0.1) is 0 Å². The van der Waals surface area contributed by atoms with Gasteiger partial charge in [0, 0.05) is 19.8 Å². The Kier molecular flexibility index (Phi) is 2.72. The van der Waals surface area contributed by atoms with Crippen LogP contribution in [0.15, 0.2) is 18.3 Å². The van der Waals surface area contributed by atoms with Crippen LogP contribution >= 0.6 is 0 Å². The molecule has 0 amide bonds. The third-order valence-electron chi connectivity index (χ3n) is 1.41. The van der Waals surface area contributed by atoms with Gasteiger partial charge in [0.15, 0.2) is 0 Å². The number of hydrogen-bond donors (Lipinski definition) is 2. The second-order valence-electron chi connectivity index (χ2n) is 2.18. The first-order chi connectivity index (χ1) is 5.38. The molecule has 11 heavy (non-hydrogen) atoms. The van der Waals surface area contributed by atoms with Crippen molar-refractivity contribution in [2.45, 2.75) is 6.92 Å². The van der Waals surface area contributed by atoms with Gasteiger partial charge in [0.25, 0.3) is 0 Å². The van der Waals surface area contributed by atoms with Gasteiger partial charge < -0.3 is 10.6 Å². The monoisotopic (exact) mass is 151 g/mol. The largest absolute Gasteiger partial charge is 0.382 e. The van der Waals surface area contributed by atoms with Crippen molar-refractivity contribution >= 4 is 11.5 Å². The Morgan fingerprint density at radius 2 is 2.36 bits per heavy atom. The van der Waals surface area contributed by atoms with Gasteiger partial charge in [-0.15, -0.1) is 0 Å². The van der Waals surface area contributed by atoms with E-state index in [4.69, 9.17) is 0 Å². The molecule has 1 aromatic rings. The highest BCUT2D eigenvalue weighted by atomic mass is 15.0. The molecule has 1 heterocycles. The molecule has 0 aliphatic carbocycles.